The second-order valence-electron chi connectivity index (χ2n) is 6.27. The fourth-order valence-electron chi connectivity index (χ4n) is 2.81. The number of hydrogen-bond acceptors (Lipinski definition) is 3. The van der Waals surface area contributed by atoms with E-state index >= 15 is 0 Å². The maximum Gasteiger partial charge on any atom is 0.313 e. The van der Waals surface area contributed by atoms with Gasteiger partial charge >= 0.3 is 11.8 Å². The molecule has 0 atom stereocenters. The monoisotopic (exact) mass is 376 g/mol. The Morgan fingerprint density at radius 2 is 1.85 bits per heavy atom. The number of carbonyl (C=O) groups is 2. The number of hydrogen-bond donors (Lipinski definition) is 2. The molecule has 0 heterocycles. The van der Waals surface area contributed by atoms with E-state index in [0.29, 0.717) is 23.0 Å². The molecular formula is C19H18ClFN2O3. The summed E-state index contributed by atoms with van der Waals surface area (Å²) >= 11 is 5.91. The minimum absolute atomic E-state index is 0.225. The van der Waals surface area contributed by atoms with E-state index in [1.165, 1.54) is 25.3 Å². The fraction of sp³-hybridized carbons (Fsp3) is 0.263. The Kier molecular flexibility index (Phi) is 5.13. The zero-order chi connectivity index (χ0) is 18.7. The summed E-state index contributed by atoms with van der Waals surface area (Å²) in [7, 11) is 1.46. The van der Waals surface area contributed by atoms with Gasteiger partial charge in [-0.1, -0.05) is 23.7 Å². The van der Waals surface area contributed by atoms with Gasteiger partial charge in [-0.2, -0.15) is 0 Å². The minimum atomic E-state index is -0.805. The van der Waals surface area contributed by atoms with Crippen LogP contribution in [0.5, 0.6) is 5.75 Å². The van der Waals surface area contributed by atoms with Gasteiger partial charge < -0.3 is 15.4 Å². The van der Waals surface area contributed by atoms with Crippen LogP contribution in [-0.2, 0) is 15.0 Å². The van der Waals surface area contributed by atoms with Crippen LogP contribution in [0.25, 0.3) is 0 Å². The molecule has 2 N–H and O–H groups in total. The zero-order valence-electron chi connectivity index (χ0n) is 14.1. The van der Waals surface area contributed by atoms with E-state index < -0.39 is 11.8 Å². The van der Waals surface area contributed by atoms with Crippen LogP contribution in [0.1, 0.15) is 18.4 Å². The number of carbonyl (C=O) groups excluding carboxylic acids is 2. The number of ether oxygens (including phenoxy) is 1. The molecule has 0 aromatic heterocycles. The summed E-state index contributed by atoms with van der Waals surface area (Å²) in [6.45, 7) is 0.317. The maximum absolute atomic E-state index is 13.1. The molecule has 2 aromatic rings. The summed E-state index contributed by atoms with van der Waals surface area (Å²) in [5.74, 6) is -1.45. The van der Waals surface area contributed by atoms with Gasteiger partial charge in [0, 0.05) is 17.0 Å². The van der Waals surface area contributed by atoms with Gasteiger partial charge in [-0.15, -0.1) is 0 Å². The molecule has 7 heteroatoms. The van der Waals surface area contributed by atoms with E-state index in [9.17, 15) is 14.0 Å². The van der Waals surface area contributed by atoms with Gasteiger partial charge in [0.25, 0.3) is 0 Å². The van der Waals surface area contributed by atoms with Gasteiger partial charge in [0.05, 0.1) is 12.8 Å². The zero-order valence-corrected chi connectivity index (χ0v) is 14.9. The highest BCUT2D eigenvalue weighted by molar-refractivity contribution is 6.40. The highest BCUT2D eigenvalue weighted by atomic mass is 35.5. The Morgan fingerprint density at radius 3 is 2.46 bits per heavy atom. The fourth-order valence-corrected chi connectivity index (χ4v) is 2.98. The van der Waals surface area contributed by atoms with E-state index in [2.05, 4.69) is 10.6 Å². The van der Waals surface area contributed by atoms with Gasteiger partial charge in [0.2, 0.25) is 0 Å². The van der Waals surface area contributed by atoms with E-state index in [1.807, 2.05) is 0 Å². The third kappa shape index (κ3) is 3.96. The van der Waals surface area contributed by atoms with Gasteiger partial charge in [0.1, 0.15) is 11.6 Å². The van der Waals surface area contributed by atoms with Crippen molar-refractivity contribution in [3.63, 3.8) is 0 Å². The number of anilines is 1. The van der Waals surface area contributed by atoms with Crippen LogP contribution < -0.4 is 15.4 Å². The van der Waals surface area contributed by atoms with Crippen LogP contribution in [-0.4, -0.2) is 25.5 Å². The molecule has 0 aliphatic heterocycles. The standard InChI is InChI=1S/C19H18ClFN2O3/c1-26-16-7-4-13(20)10-15(16)23-18(25)17(24)22-11-19(8-9-19)12-2-5-14(21)6-3-12/h2-7,10H,8-9,11H2,1H3,(H,22,24)(H,23,25). The van der Waals surface area contributed by atoms with Crippen molar-refractivity contribution in [2.75, 3.05) is 19.0 Å². The second-order valence-corrected chi connectivity index (χ2v) is 6.71. The quantitative estimate of drug-likeness (QED) is 0.787. The number of methoxy groups -OCH3 is 1. The van der Waals surface area contributed by atoms with Crippen LogP contribution in [0.15, 0.2) is 42.5 Å². The number of rotatable bonds is 5. The van der Waals surface area contributed by atoms with E-state index in [1.54, 1.807) is 24.3 Å². The molecule has 2 amide bonds. The van der Waals surface area contributed by atoms with E-state index in [-0.39, 0.29) is 11.2 Å². The molecule has 1 aliphatic rings. The summed E-state index contributed by atoms with van der Waals surface area (Å²) in [5, 5.41) is 5.56. The summed E-state index contributed by atoms with van der Waals surface area (Å²) < 4.78 is 18.2. The van der Waals surface area contributed by atoms with Crippen LogP contribution in [0.4, 0.5) is 10.1 Å². The van der Waals surface area contributed by atoms with E-state index in [0.717, 1.165) is 18.4 Å². The average Bonchev–Trinajstić information content (AvgIpc) is 3.41. The van der Waals surface area contributed by atoms with Crippen molar-refractivity contribution in [1.29, 1.82) is 0 Å². The van der Waals surface area contributed by atoms with Crippen LogP contribution in [0.3, 0.4) is 0 Å². The molecule has 3 rings (SSSR count). The molecule has 1 saturated carbocycles. The molecule has 0 unspecified atom stereocenters. The topological polar surface area (TPSA) is 67.4 Å². The molecular weight excluding hydrogens is 359 g/mol. The van der Waals surface area contributed by atoms with Crippen LogP contribution >= 0.6 is 11.6 Å². The largest absolute Gasteiger partial charge is 0.495 e. The normalized spacial score (nSPS) is 14.4. The summed E-state index contributed by atoms with van der Waals surface area (Å²) in [6.07, 6.45) is 1.76. The molecule has 1 fully saturated rings. The lowest BCUT2D eigenvalue weighted by Gasteiger charge is -2.17. The number of benzene rings is 2. The Labute approximate surface area is 155 Å². The second kappa shape index (κ2) is 7.33. The number of nitrogens with one attached hydrogen (secondary N) is 2. The molecule has 2 aromatic carbocycles. The van der Waals surface area contributed by atoms with Crippen LogP contribution in [0, 0.1) is 5.82 Å². The molecule has 136 valence electrons. The van der Waals surface area contributed by atoms with E-state index in [4.69, 9.17) is 16.3 Å². The predicted octanol–water partition coefficient (Wildman–Crippen LogP) is 3.27. The third-order valence-corrected chi connectivity index (χ3v) is 4.75. The Bertz CT molecular complexity index is 835. The number of halogens is 2. The Morgan fingerprint density at radius 1 is 1.15 bits per heavy atom. The summed E-state index contributed by atoms with van der Waals surface area (Å²) in [5.41, 5.74) is 1.05. The van der Waals surface area contributed by atoms with Gasteiger partial charge in [0.15, 0.2) is 0 Å². The lowest BCUT2D eigenvalue weighted by atomic mass is 9.96. The first-order valence-electron chi connectivity index (χ1n) is 8.12. The molecule has 5 nitrogen and oxygen atoms in total. The summed E-state index contributed by atoms with van der Waals surface area (Å²) in [6, 6.07) is 11.0. The van der Waals surface area contributed by atoms with Crippen molar-refractivity contribution in [1.82, 2.24) is 5.32 Å². The van der Waals surface area contributed by atoms with Crippen molar-refractivity contribution < 1.29 is 18.7 Å². The first kappa shape index (κ1) is 18.2. The smallest absolute Gasteiger partial charge is 0.313 e. The Hall–Kier alpha value is -2.60. The van der Waals surface area contributed by atoms with Gasteiger partial charge in [-0.25, -0.2) is 4.39 Å². The van der Waals surface area contributed by atoms with Gasteiger partial charge in [-0.3, -0.25) is 9.59 Å². The molecule has 26 heavy (non-hydrogen) atoms. The van der Waals surface area contributed by atoms with Crippen molar-refractivity contribution in [3.05, 3.63) is 58.9 Å². The first-order chi connectivity index (χ1) is 12.4. The Balaban J connectivity index is 1.61. The third-order valence-electron chi connectivity index (χ3n) is 4.51. The SMILES string of the molecule is COc1ccc(Cl)cc1NC(=O)C(=O)NCC1(c2ccc(F)cc2)CC1. The van der Waals surface area contributed by atoms with Crippen LogP contribution in [0.2, 0.25) is 5.02 Å². The van der Waals surface area contributed by atoms with Crippen molar-refractivity contribution >= 4 is 29.1 Å². The molecule has 0 saturated heterocycles. The first-order valence-corrected chi connectivity index (χ1v) is 8.50. The highest BCUT2D eigenvalue weighted by Gasteiger charge is 2.44. The maximum atomic E-state index is 13.1. The number of amides is 2. The van der Waals surface area contributed by atoms with Gasteiger partial charge in [-0.05, 0) is 48.7 Å². The lowest BCUT2D eigenvalue weighted by molar-refractivity contribution is -0.136. The average molecular weight is 377 g/mol. The molecule has 1 aliphatic carbocycles. The molecule has 0 spiro atoms. The predicted molar refractivity (Wildman–Crippen MR) is 97.0 cm³/mol. The van der Waals surface area contributed by atoms with Crippen molar-refractivity contribution in [2.24, 2.45) is 0 Å². The summed E-state index contributed by atoms with van der Waals surface area (Å²) in [4.78, 5) is 24.3. The molecule has 0 bridgehead atoms. The lowest BCUT2D eigenvalue weighted by Crippen LogP contribution is -2.39. The van der Waals surface area contributed by atoms with Crippen molar-refractivity contribution in [3.8, 4) is 5.75 Å². The highest BCUT2D eigenvalue weighted by Crippen LogP contribution is 2.47. The van der Waals surface area contributed by atoms with Crippen molar-refractivity contribution in [2.45, 2.75) is 18.3 Å². The molecule has 0 radical (unpaired) electrons. The minimum Gasteiger partial charge on any atom is -0.495 e.